The molecule has 16 heavy (non-hydrogen) atoms. The molecule has 0 saturated carbocycles. The van der Waals surface area contributed by atoms with Gasteiger partial charge in [-0.25, -0.2) is 0 Å². The Morgan fingerprint density at radius 3 is 2.69 bits per heavy atom. The van der Waals surface area contributed by atoms with E-state index in [1.807, 2.05) is 18.2 Å². The van der Waals surface area contributed by atoms with Gasteiger partial charge >= 0.3 is 0 Å². The van der Waals surface area contributed by atoms with Gasteiger partial charge in [0.15, 0.2) is 6.29 Å². The first-order valence-corrected chi connectivity index (χ1v) is 6.49. The molecule has 0 N–H and O–H groups in total. The first-order chi connectivity index (χ1) is 7.70. The maximum atomic E-state index is 11.0. The van der Waals surface area contributed by atoms with Gasteiger partial charge in [0.05, 0.1) is 0 Å². The predicted molar refractivity (Wildman–Crippen MR) is 70.1 cm³/mol. The van der Waals surface area contributed by atoms with Crippen molar-refractivity contribution >= 4 is 27.9 Å². The standard InChI is InChI=1S/C13H16BrNO/c1-10-4-6-15(7-5-10)13-8-12(14)3-2-11(13)9-16/h2-3,8-10H,4-7H2,1H3. The number of hydrogen-bond donors (Lipinski definition) is 0. The highest BCUT2D eigenvalue weighted by molar-refractivity contribution is 9.10. The lowest BCUT2D eigenvalue weighted by Gasteiger charge is -2.33. The van der Waals surface area contributed by atoms with Gasteiger partial charge in [0.25, 0.3) is 0 Å². The average molecular weight is 282 g/mol. The zero-order valence-electron chi connectivity index (χ0n) is 9.45. The summed E-state index contributed by atoms with van der Waals surface area (Å²) in [6.45, 7) is 4.40. The molecule has 0 unspecified atom stereocenters. The summed E-state index contributed by atoms with van der Waals surface area (Å²) in [6.07, 6.45) is 3.37. The third-order valence-corrected chi connectivity index (χ3v) is 3.74. The molecule has 2 rings (SSSR count). The number of anilines is 1. The van der Waals surface area contributed by atoms with Gasteiger partial charge < -0.3 is 4.90 Å². The largest absolute Gasteiger partial charge is 0.371 e. The number of carbonyl (C=O) groups is 1. The van der Waals surface area contributed by atoms with Crippen LogP contribution in [0, 0.1) is 5.92 Å². The second kappa shape index (κ2) is 5.00. The van der Waals surface area contributed by atoms with Crippen LogP contribution in [0.1, 0.15) is 30.1 Å². The summed E-state index contributed by atoms with van der Waals surface area (Å²) >= 11 is 3.46. The number of piperidine rings is 1. The third-order valence-electron chi connectivity index (χ3n) is 3.24. The Morgan fingerprint density at radius 1 is 1.38 bits per heavy atom. The number of aldehydes is 1. The van der Waals surface area contributed by atoms with Crippen LogP contribution in [0.5, 0.6) is 0 Å². The molecular weight excluding hydrogens is 266 g/mol. The van der Waals surface area contributed by atoms with E-state index in [2.05, 4.69) is 27.8 Å². The molecule has 0 aliphatic carbocycles. The molecule has 1 aromatic rings. The van der Waals surface area contributed by atoms with Crippen LogP contribution in [0.25, 0.3) is 0 Å². The van der Waals surface area contributed by atoms with Gasteiger partial charge in [0, 0.05) is 28.8 Å². The molecule has 0 aromatic heterocycles. The van der Waals surface area contributed by atoms with Crippen LogP contribution < -0.4 is 4.90 Å². The van der Waals surface area contributed by atoms with E-state index >= 15 is 0 Å². The molecule has 0 spiro atoms. The highest BCUT2D eigenvalue weighted by Gasteiger charge is 2.18. The molecule has 0 amide bonds. The normalized spacial score (nSPS) is 17.5. The summed E-state index contributed by atoms with van der Waals surface area (Å²) < 4.78 is 1.03. The number of halogens is 1. The van der Waals surface area contributed by atoms with Gasteiger partial charge in [-0.3, -0.25) is 4.79 Å². The van der Waals surface area contributed by atoms with Gasteiger partial charge in [-0.2, -0.15) is 0 Å². The SMILES string of the molecule is CC1CCN(c2cc(Br)ccc2C=O)CC1. The van der Waals surface area contributed by atoms with E-state index in [4.69, 9.17) is 0 Å². The minimum Gasteiger partial charge on any atom is -0.371 e. The van der Waals surface area contributed by atoms with Crippen LogP contribution >= 0.6 is 15.9 Å². The minimum atomic E-state index is 0.790. The molecule has 1 aliphatic rings. The van der Waals surface area contributed by atoms with E-state index in [1.165, 1.54) is 12.8 Å². The average Bonchev–Trinajstić information content (AvgIpc) is 2.30. The molecule has 1 heterocycles. The van der Waals surface area contributed by atoms with Crippen molar-refractivity contribution in [3.63, 3.8) is 0 Å². The van der Waals surface area contributed by atoms with Crippen molar-refractivity contribution < 1.29 is 4.79 Å². The van der Waals surface area contributed by atoms with Crippen molar-refractivity contribution in [2.75, 3.05) is 18.0 Å². The smallest absolute Gasteiger partial charge is 0.152 e. The Balaban J connectivity index is 2.25. The molecule has 1 aliphatic heterocycles. The van der Waals surface area contributed by atoms with Gasteiger partial charge in [0.2, 0.25) is 0 Å². The maximum absolute atomic E-state index is 11.0. The van der Waals surface area contributed by atoms with Gasteiger partial charge in [-0.15, -0.1) is 0 Å². The first kappa shape index (κ1) is 11.6. The van der Waals surface area contributed by atoms with E-state index in [0.717, 1.165) is 41.0 Å². The summed E-state index contributed by atoms with van der Waals surface area (Å²) in [5.41, 5.74) is 1.86. The van der Waals surface area contributed by atoms with E-state index in [0.29, 0.717) is 0 Å². The van der Waals surface area contributed by atoms with Crippen molar-refractivity contribution in [3.05, 3.63) is 28.2 Å². The molecule has 0 atom stereocenters. The van der Waals surface area contributed by atoms with Crippen LogP contribution in [0.2, 0.25) is 0 Å². The quantitative estimate of drug-likeness (QED) is 0.774. The number of rotatable bonds is 2. The van der Waals surface area contributed by atoms with Gasteiger partial charge in [-0.05, 0) is 37.0 Å². The summed E-state index contributed by atoms with van der Waals surface area (Å²) in [5.74, 6) is 0.808. The molecule has 2 nitrogen and oxygen atoms in total. The number of nitrogens with zero attached hydrogens (tertiary/aromatic N) is 1. The number of benzene rings is 1. The second-order valence-corrected chi connectivity index (χ2v) is 5.41. The lowest BCUT2D eigenvalue weighted by atomic mass is 9.98. The fraction of sp³-hybridized carbons (Fsp3) is 0.462. The lowest BCUT2D eigenvalue weighted by Crippen LogP contribution is -2.33. The van der Waals surface area contributed by atoms with Gasteiger partial charge in [0.1, 0.15) is 0 Å². The van der Waals surface area contributed by atoms with Crippen LogP contribution in [0.3, 0.4) is 0 Å². The van der Waals surface area contributed by atoms with E-state index < -0.39 is 0 Å². The second-order valence-electron chi connectivity index (χ2n) is 4.49. The minimum absolute atomic E-state index is 0.790. The molecule has 1 saturated heterocycles. The van der Waals surface area contributed by atoms with Crippen LogP contribution in [-0.2, 0) is 0 Å². The molecule has 86 valence electrons. The summed E-state index contributed by atoms with van der Waals surface area (Å²) in [5, 5.41) is 0. The summed E-state index contributed by atoms with van der Waals surface area (Å²) in [4.78, 5) is 13.3. The van der Waals surface area contributed by atoms with Crippen molar-refractivity contribution in [1.82, 2.24) is 0 Å². The molecule has 0 radical (unpaired) electrons. The Morgan fingerprint density at radius 2 is 2.06 bits per heavy atom. The van der Waals surface area contributed by atoms with E-state index in [-0.39, 0.29) is 0 Å². The zero-order valence-corrected chi connectivity index (χ0v) is 11.0. The fourth-order valence-electron chi connectivity index (χ4n) is 2.14. The Labute approximate surface area is 105 Å². The molecule has 3 heteroatoms. The molecular formula is C13H16BrNO. The Hall–Kier alpha value is -0.830. The van der Waals surface area contributed by atoms with Crippen LogP contribution in [0.15, 0.2) is 22.7 Å². The fourth-order valence-corrected chi connectivity index (χ4v) is 2.49. The Bertz CT molecular complexity index is 384. The molecule has 0 bridgehead atoms. The highest BCUT2D eigenvalue weighted by atomic mass is 79.9. The van der Waals surface area contributed by atoms with E-state index in [9.17, 15) is 4.79 Å². The van der Waals surface area contributed by atoms with Crippen molar-refractivity contribution in [2.45, 2.75) is 19.8 Å². The summed E-state index contributed by atoms with van der Waals surface area (Å²) in [7, 11) is 0. The molecule has 1 fully saturated rings. The third kappa shape index (κ3) is 2.46. The summed E-state index contributed by atoms with van der Waals surface area (Å²) in [6, 6.07) is 5.84. The van der Waals surface area contributed by atoms with Crippen LogP contribution in [0.4, 0.5) is 5.69 Å². The topological polar surface area (TPSA) is 20.3 Å². The van der Waals surface area contributed by atoms with Crippen molar-refractivity contribution in [1.29, 1.82) is 0 Å². The lowest BCUT2D eigenvalue weighted by molar-refractivity contribution is 0.112. The maximum Gasteiger partial charge on any atom is 0.152 e. The first-order valence-electron chi connectivity index (χ1n) is 5.70. The van der Waals surface area contributed by atoms with Crippen molar-refractivity contribution in [2.24, 2.45) is 5.92 Å². The van der Waals surface area contributed by atoms with Gasteiger partial charge in [-0.1, -0.05) is 22.9 Å². The number of hydrogen-bond acceptors (Lipinski definition) is 2. The van der Waals surface area contributed by atoms with Crippen LogP contribution in [-0.4, -0.2) is 19.4 Å². The monoisotopic (exact) mass is 281 g/mol. The van der Waals surface area contributed by atoms with E-state index in [1.54, 1.807) is 0 Å². The van der Waals surface area contributed by atoms with Crippen molar-refractivity contribution in [3.8, 4) is 0 Å². The number of carbonyl (C=O) groups excluding carboxylic acids is 1. The zero-order chi connectivity index (χ0) is 11.5. The Kier molecular flexibility index (Phi) is 3.64. The predicted octanol–water partition coefficient (Wildman–Crippen LogP) is 3.50. The molecule has 1 aromatic carbocycles. The highest BCUT2D eigenvalue weighted by Crippen LogP contribution is 2.28.